The van der Waals surface area contributed by atoms with Crippen LogP contribution in [0.4, 0.5) is 0 Å². The Morgan fingerprint density at radius 2 is 0.562 bits per heavy atom. The first-order valence-corrected chi connectivity index (χ1v) is 55.4. The van der Waals surface area contributed by atoms with Crippen LogP contribution in [-0.4, -0.2) is 165 Å². The SMILES string of the molecule is CCC(C)(C)C(=O)OCC(O)COC(=O)CSCC(C)c1ccccc1.CCCCCCCC(CCCCCCC)N1C(=O)c2ccc3c4ccc5c6c(ccc(c7ccc(c2c37)C1=O)c64)C(=O)N(CCCCCCOC(=O)C(C)(C)CC)C5=O.CCCCCCCC(CCCCCCC)N1C(=O)c2ccc3c4ccc5c6c(ccc(c7ccc(c2c37)C1=O)c64)C(=O)N(CCCCCCOC(=O)C(C)(C)CC)C5=O. The van der Waals surface area contributed by atoms with Crippen molar-refractivity contribution in [2.45, 2.75) is 346 Å². The minimum atomic E-state index is -1.01. The van der Waals surface area contributed by atoms with Gasteiger partial charge in [-0.2, -0.15) is 0 Å². The number of esters is 4. The van der Waals surface area contributed by atoms with Crippen LogP contribution >= 0.6 is 11.8 Å². The third-order valence-corrected chi connectivity index (χ3v) is 32.1. The molecule has 144 heavy (non-hydrogen) atoms. The fraction of sp³-hybridized carbons (Fsp3) is 0.525. The van der Waals surface area contributed by atoms with Crippen molar-refractivity contribution in [3.8, 4) is 0 Å². The number of hydrogen-bond donors (Lipinski definition) is 1. The van der Waals surface area contributed by atoms with Crippen molar-refractivity contribution >= 4 is 169 Å². The van der Waals surface area contributed by atoms with E-state index in [4.69, 9.17) is 18.9 Å². The first-order valence-electron chi connectivity index (χ1n) is 54.2. The van der Waals surface area contributed by atoms with Crippen LogP contribution < -0.4 is 0 Å². The highest BCUT2D eigenvalue weighted by molar-refractivity contribution is 7.99. The quantitative estimate of drug-likeness (QED) is 0.00926. The van der Waals surface area contributed by atoms with Gasteiger partial charge < -0.3 is 24.1 Å². The molecule has 0 bridgehead atoms. The van der Waals surface area contributed by atoms with Gasteiger partial charge in [-0.3, -0.25) is 77.1 Å². The van der Waals surface area contributed by atoms with Crippen molar-refractivity contribution < 1.29 is 81.6 Å². The monoisotopic (exact) mass is 1980 g/mol. The normalized spacial score (nSPS) is 14.3. The Morgan fingerprint density at radius 3 is 0.847 bits per heavy atom. The highest BCUT2D eigenvalue weighted by atomic mass is 32.2. The van der Waals surface area contributed by atoms with E-state index in [0.29, 0.717) is 118 Å². The number of ether oxygens (including phenoxy) is 4. The minimum Gasteiger partial charge on any atom is -0.465 e. The number of carbonyl (C=O) groups excluding carboxylic acids is 12. The molecule has 0 fully saturated rings. The van der Waals surface area contributed by atoms with E-state index in [-0.39, 0.29) is 102 Å². The number of carbonyl (C=O) groups is 12. The van der Waals surface area contributed by atoms with E-state index in [0.717, 1.165) is 199 Å². The summed E-state index contributed by atoms with van der Waals surface area (Å²) in [5.41, 5.74) is 3.99. The first kappa shape index (κ1) is 110. The van der Waals surface area contributed by atoms with Crippen molar-refractivity contribution in [3.05, 3.63) is 177 Å². The number of benzene rings is 11. The zero-order chi connectivity index (χ0) is 103. The van der Waals surface area contributed by atoms with Crippen molar-refractivity contribution in [3.63, 3.8) is 0 Å². The summed E-state index contributed by atoms with van der Waals surface area (Å²) < 4.78 is 21.0. The minimum absolute atomic E-state index is 0.130. The fourth-order valence-electron chi connectivity index (χ4n) is 20.9. The van der Waals surface area contributed by atoms with E-state index in [1.165, 1.54) is 104 Å². The molecule has 2 unspecified atom stereocenters. The molecule has 11 aromatic carbocycles. The van der Waals surface area contributed by atoms with Gasteiger partial charge in [-0.15, -0.1) is 11.8 Å². The molecular formula is C122H154N4O17S. The van der Waals surface area contributed by atoms with E-state index in [1.54, 1.807) is 23.6 Å². The van der Waals surface area contributed by atoms with Crippen LogP contribution in [0.5, 0.6) is 0 Å². The number of aliphatic hydroxyl groups is 1. The molecule has 0 saturated carbocycles. The molecule has 0 radical (unpaired) electrons. The van der Waals surface area contributed by atoms with E-state index in [2.05, 4.69) is 46.8 Å². The van der Waals surface area contributed by atoms with Gasteiger partial charge in [0.2, 0.25) is 0 Å². The zero-order valence-electron chi connectivity index (χ0n) is 88.0. The lowest BCUT2D eigenvalue weighted by molar-refractivity contribution is -0.159. The highest BCUT2D eigenvalue weighted by Crippen LogP contribution is 2.50. The molecule has 0 aliphatic carbocycles. The van der Waals surface area contributed by atoms with Gasteiger partial charge in [-0.05, 0) is 250 Å². The summed E-state index contributed by atoms with van der Waals surface area (Å²) in [4.78, 5) is 168. The Morgan fingerprint density at radius 1 is 0.306 bits per heavy atom. The van der Waals surface area contributed by atoms with Crippen LogP contribution in [0.15, 0.2) is 127 Å². The van der Waals surface area contributed by atoms with E-state index in [9.17, 15) is 62.6 Å². The molecule has 2 atom stereocenters. The van der Waals surface area contributed by atoms with Crippen LogP contribution in [-0.2, 0) is 38.1 Å². The second-order valence-corrected chi connectivity index (χ2v) is 43.5. The molecule has 4 aliphatic heterocycles. The van der Waals surface area contributed by atoms with Gasteiger partial charge in [0.25, 0.3) is 47.3 Å². The average Bonchev–Trinajstić information content (AvgIpc) is 0.691. The maximum atomic E-state index is 14.5. The number of rotatable bonds is 55. The Balaban J connectivity index is 0.000000195. The largest absolute Gasteiger partial charge is 0.465 e. The molecule has 22 heteroatoms. The van der Waals surface area contributed by atoms with Crippen LogP contribution in [0.2, 0.25) is 0 Å². The van der Waals surface area contributed by atoms with Crippen molar-refractivity contribution in [2.75, 3.05) is 51.0 Å². The summed E-state index contributed by atoms with van der Waals surface area (Å²) in [6, 6.07) is 40.6. The van der Waals surface area contributed by atoms with Crippen LogP contribution in [0.3, 0.4) is 0 Å². The molecule has 15 rings (SSSR count). The Hall–Kier alpha value is -11.2. The molecule has 1 N–H and O–H groups in total. The van der Waals surface area contributed by atoms with Crippen LogP contribution in [0, 0.1) is 16.2 Å². The number of thioether (sulfide) groups is 1. The smallest absolute Gasteiger partial charge is 0.315 e. The lowest BCUT2D eigenvalue weighted by atomic mass is 9.82. The Bertz CT molecular complexity index is 5850. The molecule has 0 spiro atoms. The molecule has 4 aliphatic rings. The number of amides is 8. The highest BCUT2D eigenvalue weighted by Gasteiger charge is 2.44. The Kier molecular flexibility index (Phi) is 38.7. The van der Waals surface area contributed by atoms with E-state index in [1.807, 2.05) is 164 Å². The van der Waals surface area contributed by atoms with Gasteiger partial charge >= 0.3 is 23.9 Å². The molecule has 11 aromatic rings. The number of nitrogens with zero attached hydrogens (tertiary/aromatic N) is 4. The van der Waals surface area contributed by atoms with Crippen molar-refractivity contribution in [2.24, 2.45) is 16.2 Å². The summed E-state index contributed by atoms with van der Waals surface area (Å²) >= 11 is 1.50. The van der Waals surface area contributed by atoms with Gasteiger partial charge in [0.15, 0.2) is 0 Å². The first-order chi connectivity index (χ1) is 69.4. The van der Waals surface area contributed by atoms with Crippen LogP contribution in [0.25, 0.3) is 86.2 Å². The predicted molar refractivity (Wildman–Crippen MR) is 579 cm³/mol. The molecule has 8 amide bonds. The van der Waals surface area contributed by atoms with Crippen molar-refractivity contribution in [1.82, 2.24) is 19.6 Å². The van der Waals surface area contributed by atoms with Crippen molar-refractivity contribution in [1.29, 1.82) is 0 Å². The van der Waals surface area contributed by atoms with Gasteiger partial charge in [-0.1, -0.05) is 276 Å². The average molecular weight is 1980 g/mol. The third kappa shape index (κ3) is 24.5. The number of fused-ring (bicyclic) bond motifs is 4. The van der Waals surface area contributed by atoms with E-state index >= 15 is 0 Å². The molecule has 770 valence electrons. The summed E-state index contributed by atoms with van der Waals surface area (Å²) in [5, 5.41) is 23.2. The lowest BCUT2D eigenvalue weighted by Gasteiger charge is -2.35. The number of aliphatic hydroxyl groups excluding tert-OH is 1. The molecule has 0 saturated heterocycles. The summed E-state index contributed by atoms with van der Waals surface area (Å²) in [6.07, 6.45) is 33.1. The molecule has 0 aromatic heterocycles. The second kappa shape index (κ2) is 50.7. The third-order valence-electron chi connectivity index (χ3n) is 30.9. The molecule has 4 heterocycles. The van der Waals surface area contributed by atoms with Crippen LogP contribution in [0.1, 0.15) is 416 Å². The standard InChI is InChI=1S/2C51H62N2O6.C20H30O5S/c2*1-6-9-11-13-17-21-33(22-18-14-12-10-7-2)53-48(56)40-29-25-36-34-23-27-38-44-39(28-24-35(42(34)44)37-26-30-41(49(53)57)45(40)43(36)37)47(55)52(46(38)54)31-19-15-16-20-32-59-50(58)51(4,5)8-3;1-5-20(3,4)19(23)25-12-17(21)11-24-18(22)14-26-13-15(2)16-9-7-6-8-10-16/h2*23-30,33H,6-22,31-32H2,1-5H3;6-10,15,17,21H,5,11-14H2,1-4H3. The number of unbranched alkanes of at least 4 members (excludes halogenated alkanes) is 22. The predicted octanol–water partition coefficient (Wildman–Crippen LogP) is 28.5. The maximum Gasteiger partial charge on any atom is 0.315 e. The summed E-state index contributed by atoms with van der Waals surface area (Å²) in [5.74, 6) is -1.70. The fourth-order valence-corrected chi connectivity index (χ4v) is 21.8. The Labute approximate surface area is 855 Å². The van der Waals surface area contributed by atoms with Gasteiger partial charge in [0, 0.05) is 97.0 Å². The van der Waals surface area contributed by atoms with Gasteiger partial charge in [-0.25, -0.2) is 0 Å². The van der Waals surface area contributed by atoms with Gasteiger partial charge in [0.1, 0.15) is 19.3 Å². The number of imide groups is 4. The summed E-state index contributed by atoms with van der Waals surface area (Å²) in [6.45, 7) is 29.0. The maximum absolute atomic E-state index is 14.5. The van der Waals surface area contributed by atoms with Gasteiger partial charge in [0.05, 0.1) is 35.2 Å². The molecule has 21 nitrogen and oxygen atoms in total. The topological polar surface area (TPSA) is 275 Å². The zero-order valence-corrected chi connectivity index (χ0v) is 88.8. The summed E-state index contributed by atoms with van der Waals surface area (Å²) in [7, 11) is 0. The molecular weight excluding hydrogens is 1830 g/mol. The van der Waals surface area contributed by atoms with E-state index < -0.39 is 22.3 Å². The lowest BCUT2D eigenvalue weighted by Crippen LogP contribution is -2.47. The second-order valence-electron chi connectivity index (χ2n) is 42.5. The number of hydrogen-bond acceptors (Lipinski definition) is 18.